The number of nitrogen functional groups attached to an aromatic ring is 1. The quantitative estimate of drug-likeness (QED) is 0.692. The highest BCUT2D eigenvalue weighted by Gasteiger charge is 2.28. The largest absolute Gasteiger partial charge is 0.452 e. The number of hydrogen-bond acceptors (Lipinski definition) is 7. The summed E-state index contributed by atoms with van der Waals surface area (Å²) in [4.78, 5) is 35.5. The Morgan fingerprint density at radius 2 is 2.32 bits per heavy atom. The Labute approximate surface area is 107 Å². The second kappa shape index (κ2) is 4.96. The van der Waals surface area contributed by atoms with E-state index in [1.807, 2.05) is 0 Å². The van der Waals surface area contributed by atoms with Gasteiger partial charge < -0.3 is 20.3 Å². The van der Waals surface area contributed by atoms with Crippen molar-refractivity contribution in [2.24, 2.45) is 0 Å². The predicted molar refractivity (Wildman–Crippen MR) is 61.0 cm³/mol. The summed E-state index contributed by atoms with van der Waals surface area (Å²) < 4.78 is 9.39. The maximum absolute atomic E-state index is 11.7. The molecule has 0 atom stereocenters. The zero-order valence-corrected chi connectivity index (χ0v) is 10.1. The molecule has 0 aliphatic carbocycles. The van der Waals surface area contributed by atoms with Gasteiger partial charge in [-0.15, -0.1) is 0 Å². The van der Waals surface area contributed by atoms with E-state index in [4.69, 9.17) is 10.5 Å². The molecule has 2 rings (SSSR count). The van der Waals surface area contributed by atoms with E-state index < -0.39 is 24.5 Å². The van der Waals surface area contributed by atoms with Gasteiger partial charge in [0.2, 0.25) is 5.88 Å². The first-order chi connectivity index (χ1) is 9.00. The van der Waals surface area contributed by atoms with E-state index in [9.17, 15) is 14.4 Å². The van der Waals surface area contributed by atoms with E-state index >= 15 is 0 Å². The molecule has 9 heteroatoms. The molecule has 1 aliphatic heterocycles. The number of amides is 3. The van der Waals surface area contributed by atoms with Crippen molar-refractivity contribution < 1.29 is 23.6 Å². The minimum atomic E-state index is -0.816. The molecule has 0 radical (unpaired) electrons. The Morgan fingerprint density at radius 1 is 1.58 bits per heavy atom. The lowest BCUT2D eigenvalue weighted by atomic mass is 10.2. The van der Waals surface area contributed by atoms with Crippen LogP contribution in [0.3, 0.4) is 0 Å². The monoisotopic (exact) mass is 268 g/mol. The predicted octanol–water partition coefficient (Wildman–Crippen LogP) is -0.726. The molecule has 3 amide bonds. The van der Waals surface area contributed by atoms with Crippen molar-refractivity contribution in [3.05, 3.63) is 11.3 Å². The Bertz CT molecular complexity index is 519. The van der Waals surface area contributed by atoms with Gasteiger partial charge in [-0.25, -0.2) is 9.59 Å². The number of carbonyl (C=O) groups is 3. The molecule has 3 N–H and O–H groups in total. The number of nitrogens with one attached hydrogen (secondary N) is 1. The van der Waals surface area contributed by atoms with Crippen molar-refractivity contribution in [3.8, 4) is 0 Å². The smallest absolute Gasteiger partial charge is 0.346 e. The van der Waals surface area contributed by atoms with E-state index in [0.717, 1.165) is 4.90 Å². The van der Waals surface area contributed by atoms with Gasteiger partial charge in [0.05, 0.1) is 5.69 Å². The van der Waals surface area contributed by atoms with E-state index in [-0.39, 0.29) is 23.7 Å². The molecule has 1 aromatic heterocycles. The number of nitrogens with two attached hydrogens (primary N) is 1. The molecule has 1 saturated heterocycles. The van der Waals surface area contributed by atoms with Crippen LogP contribution in [0.1, 0.15) is 16.1 Å². The Hall–Kier alpha value is -2.58. The number of aromatic nitrogens is 1. The fourth-order valence-electron chi connectivity index (χ4n) is 1.62. The van der Waals surface area contributed by atoms with Crippen LogP contribution in [0, 0.1) is 6.92 Å². The lowest BCUT2D eigenvalue weighted by Crippen LogP contribution is -2.37. The summed E-state index contributed by atoms with van der Waals surface area (Å²) in [6.07, 6.45) is 0. The average Bonchev–Trinajstić information content (AvgIpc) is 2.93. The van der Waals surface area contributed by atoms with Crippen LogP contribution >= 0.6 is 0 Å². The normalized spacial score (nSPS) is 14.4. The Kier molecular flexibility index (Phi) is 3.36. The van der Waals surface area contributed by atoms with Gasteiger partial charge in [-0.2, -0.15) is 0 Å². The molecule has 102 valence electrons. The molecular formula is C10H12N4O5. The van der Waals surface area contributed by atoms with Gasteiger partial charge in [0.15, 0.2) is 6.61 Å². The lowest BCUT2D eigenvalue weighted by Gasteiger charge is -2.11. The van der Waals surface area contributed by atoms with Gasteiger partial charge in [-0.05, 0) is 6.92 Å². The number of anilines is 1. The molecule has 1 aliphatic rings. The number of esters is 1. The minimum absolute atomic E-state index is 0.0151. The van der Waals surface area contributed by atoms with Gasteiger partial charge >= 0.3 is 12.0 Å². The first kappa shape index (κ1) is 12.9. The number of hydrogen-bond donors (Lipinski definition) is 2. The van der Waals surface area contributed by atoms with Crippen molar-refractivity contribution in [1.29, 1.82) is 0 Å². The van der Waals surface area contributed by atoms with Crippen LogP contribution in [-0.4, -0.2) is 47.7 Å². The van der Waals surface area contributed by atoms with Crippen LogP contribution in [0.4, 0.5) is 10.7 Å². The Balaban J connectivity index is 1.94. The SMILES string of the molecule is Cc1noc(N)c1C(=O)OCC(=O)N1CCNC1=O. The molecule has 2 heterocycles. The van der Waals surface area contributed by atoms with Crippen LogP contribution in [0.2, 0.25) is 0 Å². The first-order valence-corrected chi connectivity index (χ1v) is 5.47. The standard InChI is InChI=1S/C10H12N4O5/c1-5-7(8(11)19-13-5)9(16)18-4-6(15)14-3-2-12-10(14)17/h2-4,11H2,1H3,(H,12,17). The van der Waals surface area contributed by atoms with Crippen LogP contribution in [0.15, 0.2) is 4.52 Å². The minimum Gasteiger partial charge on any atom is -0.452 e. The summed E-state index contributed by atoms with van der Waals surface area (Å²) >= 11 is 0. The van der Waals surface area contributed by atoms with Crippen LogP contribution in [0.25, 0.3) is 0 Å². The van der Waals surface area contributed by atoms with Crippen molar-refractivity contribution in [3.63, 3.8) is 0 Å². The van der Waals surface area contributed by atoms with E-state index in [2.05, 4.69) is 15.0 Å². The molecule has 0 saturated carbocycles. The maximum atomic E-state index is 11.7. The number of imide groups is 1. The van der Waals surface area contributed by atoms with E-state index in [0.29, 0.717) is 6.54 Å². The van der Waals surface area contributed by atoms with Crippen molar-refractivity contribution in [2.75, 3.05) is 25.4 Å². The van der Waals surface area contributed by atoms with E-state index in [1.54, 1.807) is 0 Å². The molecule has 1 fully saturated rings. The number of urea groups is 1. The maximum Gasteiger partial charge on any atom is 0.346 e. The number of aryl methyl sites for hydroxylation is 1. The second-order valence-corrected chi connectivity index (χ2v) is 3.86. The topological polar surface area (TPSA) is 128 Å². The molecule has 0 unspecified atom stereocenters. The molecule has 19 heavy (non-hydrogen) atoms. The number of rotatable bonds is 3. The molecule has 1 aromatic rings. The van der Waals surface area contributed by atoms with Crippen LogP contribution in [0.5, 0.6) is 0 Å². The molecule has 0 spiro atoms. The molecule has 0 aromatic carbocycles. The summed E-state index contributed by atoms with van der Waals surface area (Å²) in [5.74, 6) is -1.59. The zero-order valence-electron chi connectivity index (χ0n) is 10.1. The average molecular weight is 268 g/mol. The fraction of sp³-hybridized carbons (Fsp3) is 0.400. The third-order valence-electron chi connectivity index (χ3n) is 2.58. The van der Waals surface area contributed by atoms with Gasteiger partial charge in [0.1, 0.15) is 5.56 Å². The summed E-state index contributed by atoms with van der Waals surface area (Å²) in [5, 5.41) is 5.96. The van der Waals surface area contributed by atoms with E-state index in [1.165, 1.54) is 6.92 Å². The molecular weight excluding hydrogens is 256 g/mol. The van der Waals surface area contributed by atoms with Crippen molar-refractivity contribution in [1.82, 2.24) is 15.4 Å². The highest BCUT2D eigenvalue weighted by molar-refractivity contribution is 5.99. The summed E-state index contributed by atoms with van der Waals surface area (Å²) in [6.45, 7) is 1.61. The van der Waals surface area contributed by atoms with Crippen LogP contribution in [-0.2, 0) is 9.53 Å². The fourth-order valence-corrected chi connectivity index (χ4v) is 1.62. The zero-order chi connectivity index (χ0) is 14.0. The third kappa shape index (κ3) is 2.49. The number of carbonyl (C=O) groups excluding carboxylic acids is 3. The Morgan fingerprint density at radius 3 is 2.84 bits per heavy atom. The van der Waals surface area contributed by atoms with Crippen molar-refractivity contribution in [2.45, 2.75) is 6.92 Å². The lowest BCUT2D eigenvalue weighted by molar-refractivity contribution is -0.130. The van der Waals surface area contributed by atoms with Gasteiger partial charge in [0.25, 0.3) is 5.91 Å². The summed E-state index contributed by atoms with van der Waals surface area (Å²) in [7, 11) is 0. The highest BCUT2D eigenvalue weighted by Crippen LogP contribution is 2.16. The van der Waals surface area contributed by atoms with Gasteiger partial charge in [-0.3, -0.25) is 9.69 Å². The summed E-state index contributed by atoms with van der Waals surface area (Å²) in [5.41, 5.74) is 5.66. The molecule has 0 bridgehead atoms. The highest BCUT2D eigenvalue weighted by atomic mass is 16.5. The number of ether oxygens (including phenoxy) is 1. The summed E-state index contributed by atoms with van der Waals surface area (Å²) in [6, 6.07) is -0.498. The van der Waals surface area contributed by atoms with Crippen molar-refractivity contribution >= 4 is 23.8 Å². The van der Waals surface area contributed by atoms with Gasteiger partial charge in [-0.1, -0.05) is 5.16 Å². The van der Waals surface area contributed by atoms with Gasteiger partial charge in [0, 0.05) is 13.1 Å². The first-order valence-electron chi connectivity index (χ1n) is 5.47. The third-order valence-corrected chi connectivity index (χ3v) is 2.58. The molecule has 9 nitrogen and oxygen atoms in total. The van der Waals surface area contributed by atoms with Crippen LogP contribution < -0.4 is 11.1 Å². The second-order valence-electron chi connectivity index (χ2n) is 3.86. The number of nitrogens with zero attached hydrogens (tertiary/aromatic N) is 2.